The lowest BCUT2D eigenvalue weighted by Crippen LogP contribution is -2.06. The fraction of sp³-hybridized carbons (Fsp3) is 0.125. The summed E-state index contributed by atoms with van der Waals surface area (Å²) < 4.78 is 0. The highest BCUT2D eigenvalue weighted by molar-refractivity contribution is 6.30. The van der Waals surface area contributed by atoms with Crippen LogP contribution in [0.15, 0.2) is 54.7 Å². The maximum atomic E-state index is 5.86. The van der Waals surface area contributed by atoms with Crippen molar-refractivity contribution in [2.75, 3.05) is 11.9 Å². The van der Waals surface area contributed by atoms with E-state index >= 15 is 0 Å². The number of para-hydroxylation sites is 2. The van der Waals surface area contributed by atoms with Gasteiger partial charge in [0.1, 0.15) is 5.82 Å². The van der Waals surface area contributed by atoms with E-state index < -0.39 is 0 Å². The van der Waals surface area contributed by atoms with Crippen molar-refractivity contribution in [3.63, 3.8) is 0 Å². The number of rotatable bonds is 4. The van der Waals surface area contributed by atoms with E-state index in [1.807, 2.05) is 48.5 Å². The van der Waals surface area contributed by atoms with Crippen molar-refractivity contribution in [2.45, 2.75) is 6.42 Å². The van der Waals surface area contributed by atoms with Crippen molar-refractivity contribution in [1.82, 2.24) is 9.97 Å². The number of halogens is 1. The van der Waals surface area contributed by atoms with Crippen LogP contribution in [0.3, 0.4) is 0 Å². The molecule has 0 saturated carbocycles. The van der Waals surface area contributed by atoms with Crippen LogP contribution in [-0.4, -0.2) is 16.5 Å². The Hall–Kier alpha value is -2.13. The van der Waals surface area contributed by atoms with Gasteiger partial charge in [-0.2, -0.15) is 0 Å². The molecule has 0 fully saturated rings. The molecular formula is C16H14ClN3. The van der Waals surface area contributed by atoms with Crippen LogP contribution in [0, 0.1) is 0 Å². The molecule has 0 atom stereocenters. The number of aromatic nitrogens is 2. The summed E-state index contributed by atoms with van der Waals surface area (Å²) in [6.45, 7) is 0.814. The van der Waals surface area contributed by atoms with Crippen molar-refractivity contribution < 1.29 is 0 Å². The Morgan fingerprint density at radius 3 is 2.50 bits per heavy atom. The molecule has 0 radical (unpaired) electrons. The molecule has 3 rings (SSSR count). The van der Waals surface area contributed by atoms with Gasteiger partial charge in [-0.05, 0) is 36.2 Å². The molecule has 1 heterocycles. The first-order valence-corrected chi connectivity index (χ1v) is 6.89. The molecule has 0 aliphatic carbocycles. The first kappa shape index (κ1) is 12.9. The largest absolute Gasteiger partial charge is 0.368 e. The Balaban J connectivity index is 1.63. The fourth-order valence-corrected chi connectivity index (χ4v) is 2.15. The third kappa shape index (κ3) is 3.06. The summed E-state index contributed by atoms with van der Waals surface area (Å²) in [6.07, 6.45) is 2.69. The molecule has 0 unspecified atom stereocenters. The SMILES string of the molecule is Clc1ccc(CCNc2cnc3ccccc3n2)cc1. The number of benzene rings is 2. The lowest BCUT2D eigenvalue weighted by atomic mass is 10.1. The molecule has 100 valence electrons. The highest BCUT2D eigenvalue weighted by Gasteiger charge is 1.99. The molecule has 0 saturated heterocycles. The van der Waals surface area contributed by atoms with Crippen molar-refractivity contribution in [3.8, 4) is 0 Å². The first-order chi connectivity index (χ1) is 9.81. The second kappa shape index (κ2) is 5.88. The minimum Gasteiger partial charge on any atom is -0.368 e. The van der Waals surface area contributed by atoms with Gasteiger partial charge < -0.3 is 5.32 Å². The van der Waals surface area contributed by atoms with Crippen molar-refractivity contribution in [3.05, 3.63) is 65.3 Å². The van der Waals surface area contributed by atoms with Crippen molar-refractivity contribution in [2.24, 2.45) is 0 Å². The zero-order chi connectivity index (χ0) is 13.8. The topological polar surface area (TPSA) is 37.8 Å². The monoisotopic (exact) mass is 283 g/mol. The van der Waals surface area contributed by atoms with Gasteiger partial charge in [0.2, 0.25) is 0 Å². The molecule has 2 aromatic carbocycles. The number of hydrogen-bond acceptors (Lipinski definition) is 3. The van der Waals surface area contributed by atoms with Crippen LogP contribution in [0.25, 0.3) is 11.0 Å². The van der Waals surface area contributed by atoms with Gasteiger partial charge in [0.05, 0.1) is 17.2 Å². The summed E-state index contributed by atoms with van der Waals surface area (Å²) >= 11 is 5.86. The molecule has 0 spiro atoms. The normalized spacial score (nSPS) is 10.7. The summed E-state index contributed by atoms with van der Waals surface area (Å²) in [6, 6.07) is 15.7. The number of hydrogen-bond donors (Lipinski definition) is 1. The number of nitrogens with zero attached hydrogens (tertiary/aromatic N) is 2. The van der Waals surface area contributed by atoms with Gasteiger partial charge >= 0.3 is 0 Å². The summed E-state index contributed by atoms with van der Waals surface area (Å²) in [4.78, 5) is 8.90. The van der Waals surface area contributed by atoms with Gasteiger partial charge in [-0.15, -0.1) is 0 Å². The van der Waals surface area contributed by atoms with E-state index in [1.54, 1.807) is 6.20 Å². The Labute approximate surface area is 122 Å². The molecule has 3 nitrogen and oxygen atoms in total. The highest BCUT2D eigenvalue weighted by Crippen LogP contribution is 2.12. The van der Waals surface area contributed by atoms with E-state index in [0.717, 1.165) is 34.8 Å². The molecule has 3 aromatic rings. The quantitative estimate of drug-likeness (QED) is 0.788. The summed E-state index contributed by atoms with van der Waals surface area (Å²) in [7, 11) is 0. The van der Waals surface area contributed by atoms with E-state index in [1.165, 1.54) is 5.56 Å². The lowest BCUT2D eigenvalue weighted by Gasteiger charge is -2.06. The maximum Gasteiger partial charge on any atom is 0.145 e. The third-order valence-electron chi connectivity index (χ3n) is 3.08. The molecule has 1 N–H and O–H groups in total. The van der Waals surface area contributed by atoms with Gasteiger partial charge in [0.15, 0.2) is 0 Å². The van der Waals surface area contributed by atoms with E-state index in [2.05, 4.69) is 15.3 Å². The zero-order valence-corrected chi connectivity index (χ0v) is 11.6. The average Bonchev–Trinajstić information content (AvgIpc) is 2.49. The van der Waals surface area contributed by atoms with Crippen LogP contribution in [-0.2, 0) is 6.42 Å². The molecule has 4 heteroatoms. The smallest absolute Gasteiger partial charge is 0.145 e. The summed E-state index contributed by atoms with van der Waals surface area (Å²) in [5, 5.41) is 4.06. The second-order valence-electron chi connectivity index (χ2n) is 4.55. The van der Waals surface area contributed by atoms with Crippen LogP contribution < -0.4 is 5.32 Å². The van der Waals surface area contributed by atoms with Gasteiger partial charge in [0, 0.05) is 11.6 Å². The number of nitrogens with one attached hydrogen (secondary N) is 1. The van der Waals surface area contributed by atoms with Crippen LogP contribution in [0.4, 0.5) is 5.82 Å². The molecule has 0 aliphatic heterocycles. The molecule has 20 heavy (non-hydrogen) atoms. The fourth-order valence-electron chi connectivity index (χ4n) is 2.03. The van der Waals surface area contributed by atoms with Crippen LogP contribution in [0.1, 0.15) is 5.56 Å². The first-order valence-electron chi connectivity index (χ1n) is 6.51. The van der Waals surface area contributed by atoms with Gasteiger partial charge in [-0.1, -0.05) is 35.9 Å². The van der Waals surface area contributed by atoms with E-state index in [-0.39, 0.29) is 0 Å². The Kier molecular flexibility index (Phi) is 3.79. The van der Waals surface area contributed by atoms with Crippen molar-refractivity contribution >= 4 is 28.5 Å². The minimum atomic E-state index is 0.766. The molecule has 1 aromatic heterocycles. The maximum absolute atomic E-state index is 5.86. The lowest BCUT2D eigenvalue weighted by molar-refractivity contribution is 1.01. The molecular weight excluding hydrogens is 270 g/mol. The minimum absolute atomic E-state index is 0.766. The van der Waals surface area contributed by atoms with Crippen LogP contribution in [0.5, 0.6) is 0 Å². The second-order valence-corrected chi connectivity index (χ2v) is 4.98. The molecule has 0 aliphatic rings. The van der Waals surface area contributed by atoms with E-state index in [4.69, 9.17) is 11.6 Å². The summed E-state index contributed by atoms with van der Waals surface area (Å²) in [5.41, 5.74) is 3.07. The van der Waals surface area contributed by atoms with Gasteiger partial charge in [-0.3, -0.25) is 4.98 Å². The van der Waals surface area contributed by atoms with Crippen LogP contribution >= 0.6 is 11.6 Å². The Morgan fingerprint density at radius 2 is 1.70 bits per heavy atom. The molecule has 0 bridgehead atoms. The predicted molar refractivity (Wildman–Crippen MR) is 83.2 cm³/mol. The predicted octanol–water partition coefficient (Wildman–Crippen LogP) is 3.94. The average molecular weight is 284 g/mol. The molecule has 0 amide bonds. The van der Waals surface area contributed by atoms with Crippen LogP contribution in [0.2, 0.25) is 5.02 Å². The van der Waals surface area contributed by atoms with Gasteiger partial charge in [0.25, 0.3) is 0 Å². The van der Waals surface area contributed by atoms with Gasteiger partial charge in [-0.25, -0.2) is 4.98 Å². The number of anilines is 1. The number of fused-ring (bicyclic) bond motifs is 1. The standard InChI is InChI=1S/C16H14ClN3/c17-13-7-5-12(6-8-13)9-10-18-16-11-19-14-3-1-2-4-15(14)20-16/h1-8,11H,9-10H2,(H,18,20). The Morgan fingerprint density at radius 1 is 0.950 bits per heavy atom. The summed E-state index contributed by atoms with van der Waals surface area (Å²) in [5.74, 6) is 0.803. The van der Waals surface area contributed by atoms with Crippen molar-refractivity contribution in [1.29, 1.82) is 0 Å². The van der Waals surface area contributed by atoms with E-state index in [0.29, 0.717) is 0 Å². The zero-order valence-electron chi connectivity index (χ0n) is 10.9. The Bertz CT molecular complexity index is 710. The van der Waals surface area contributed by atoms with E-state index in [9.17, 15) is 0 Å². The highest BCUT2D eigenvalue weighted by atomic mass is 35.5. The third-order valence-corrected chi connectivity index (χ3v) is 3.33.